The second kappa shape index (κ2) is 7.70. The Morgan fingerprint density at radius 2 is 2.06 bits per heavy atom. The van der Waals surface area contributed by atoms with Crippen LogP contribution in [0, 0.1) is 5.92 Å². The fraction of sp³-hybridized carbons (Fsp3) is 0.667. The molecule has 0 aliphatic heterocycles. The third-order valence-corrected chi connectivity index (χ3v) is 2.31. The van der Waals surface area contributed by atoms with Crippen molar-refractivity contribution < 1.29 is 14.7 Å². The Hall–Kier alpha value is -1.52. The van der Waals surface area contributed by atoms with Crippen molar-refractivity contribution in [2.75, 3.05) is 20.1 Å². The van der Waals surface area contributed by atoms with Gasteiger partial charge in [0.25, 0.3) is 0 Å². The van der Waals surface area contributed by atoms with Crippen molar-refractivity contribution in [1.29, 1.82) is 0 Å². The van der Waals surface area contributed by atoms with Crippen molar-refractivity contribution in [3.05, 3.63) is 12.2 Å². The van der Waals surface area contributed by atoms with E-state index in [4.69, 9.17) is 5.11 Å². The van der Waals surface area contributed by atoms with Gasteiger partial charge >= 0.3 is 12.0 Å². The molecule has 5 nitrogen and oxygen atoms in total. The van der Waals surface area contributed by atoms with E-state index in [9.17, 15) is 9.59 Å². The highest BCUT2D eigenvalue weighted by Crippen LogP contribution is 2.04. The first-order chi connectivity index (χ1) is 7.82. The maximum Gasteiger partial charge on any atom is 0.317 e. The number of urea groups is 1. The van der Waals surface area contributed by atoms with E-state index in [1.54, 1.807) is 11.9 Å². The van der Waals surface area contributed by atoms with Gasteiger partial charge in [-0.05, 0) is 19.3 Å². The summed E-state index contributed by atoms with van der Waals surface area (Å²) in [5.41, 5.74) is 0.918. The highest BCUT2D eigenvalue weighted by Gasteiger charge is 2.10. The van der Waals surface area contributed by atoms with Gasteiger partial charge in [-0.1, -0.05) is 19.1 Å². The first-order valence-electron chi connectivity index (χ1n) is 5.68. The van der Waals surface area contributed by atoms with Gasteiger partial charge in [0.2, 0.25) is 0 Å². The number of amides is 2. The molecule has 0 radical (unpaired) electrons. The zero-order valence-corrected chi connectivity index (χ0v) is 10.8. The first-order valence-corrected chi connectivity index (χ1v) is 5.68. The highest BCUT2D eigenvalue weighted by atomic mass is 16.4. The fourth-order valence-corrected chi connectivity index (χ4v) is 1.35. The van der Waals surface area contributed by atoms with E-state index in [2.05, 4.69) is 11.9 Å². The lowest BCUT2D eigenvalue weighted by molar-refractivity contribution is -0.137. The minimum Gasteiger partial charge on any atom is -0.481 e. The van der Waals surface area contributed by atoms with Crippen LogP contribution in [0.25, 0.3) is 0 Å². The lowest BCUT2D eigenvalue weighted by Gasteiger charge is -2.19. The van der Waals surface area contributed by atoms with Crippen molar-refractivity contribution in [3.63, 3.8) is 0 Å². The molecule has 98 valence electrons. The fourth-order valence-electron chi connectivity index (χ4n) is 1.35. The topological polar surface area (TPSA) is 69.6 Å². The summed E-state index contributed by atoms with van der Waals surface area (Å²) in [5, 5.41) is 11.3. The maximum absolute atomic E-state index is 11.6. The van der Waals surface area contributed by atoms with E-state index >= 15 is 0 Å². The molecule has 0 fully saturated rings. The van der Waals surface area contributed by atoms with Crippen LogP contribution in [0.5, 0.6) is 0 Å². The molecule has 1 unspecified atom stereocenters. The van der Waals surface area contributed by atoms with Crippen LogP contribution in [0.15, 0.2) is 12.2 Å². The van der Waals surface area contributed by atoms with Crippen molar-refractivity contribution >= 4 is 12.0 Å². The molecule has 5 heteroatoms. The quantitative estimate of drug-likeness (QED) is 0.668. The van der Waals surface area contributed by atoms with Crippen LogP contribution in [-0.4, -0.2) is 42.1 Å². The molecule has 0 aromatic heterocycles. The molecule has 2 amide bonds. The highest BCUT2D eigenvalue weighted by molar-refractivity contribution is 5.74. The normalized spacial score (nSPS) is 11.7. The lowest BCUT2D eigenvalue weighted by atomic mass is 10.1. The van der Waals surface area contributed by atoms with E-state index in [1.165, 1.54) is 0 Å². The molecule has 0 aromatic rings. The largest absolute Gasteiger partial charge is 0.481 e. The molecule has 0 heterocycles. The number of carbonyl (C=O) groups excluding carboxylic acids is 1. The molecule has 0 spiro atoms. The molecule has 0 aliphatic rings. The number of carboxylic acid groups (broad SMARTS) is 1. The predicted octanol–water partition coefficient (Wildman–Crippen LogP) is 1.70. The second-order valence-electron chi connectivity index (χ2n) is 4.54. The summed E-state index contributed by atoms with van der Waals surface area (Å²) in [6, 6.07) is -0.157. The Kier molecular flexibility index (Phi) is 7.02. The van der Waals surface area contributed by atoms with E-state index in [0.29, 0.717) is 19.5 Å². The van der Waals surface area contributed by atoms with E-state index in [0.717, 1.165) is 5.57 Å². The average molecular weight is 242 g/mol. The SMILES string of the molecule is C=C(C)CN(C)C(=O)NCC(C)CCC(=O)O. The van der Waals surface area contributed by atoms with Gasteiger partial charge in [0, 0.05) is 26.6 Å². The van der Waals surface area contributed by atoms with Crippen LogP contribution in [0.3, 0.4) is 0 Å². The van der Waals surface area contributed by atoms with Crippen LogP contribution in [0.4, 0.5) is 4.79 Å². The monoisotopic (exact) mass is 242 g/mol. The Balaban J connectivity index is 3.82. The van der Waals surface area contributed by atoms with E-state index in [1.807, 2.05) is 13.8 Å². The van der Waals surface area contributed by atoms with Crippen LogP contribution < -0.4 is 5.32 Å². The van der Waals surface area contributed by atoms with Gasteiger partial charge in [-0.3, -0.25) is 4.79 Å². The summed E-state index contributed by atoms with van der Waals surface area (Å²) in [4.78, 5) is 23.5. The Bertz CT molecular complexity index is 289. The Morgan fingerprint density at radius 3 is 2.53 bits per heavy atom. The van der Waals surface area contributed by atoms with E-state index < -0.39 is 5.97 Å². The summed E-state index contributed by atoms with van der Waals surface area (Å²) in [7, 11) is 1.70. The summed E-state index contributed by atoms with van der Waals surface area (Å²) in [5.74, 6) is -0.643. The average Bonchev–Trinajstić information content (AvgIpc) is 2.21. The lowest BCUT2D eigenvalue weighted by Crippen LogP contribution is -2.39. The Morgan fingerprint density at radius 1 is 1.47 bits per heavy atom. The number of rotatable bonds is 7. The Labute approximate surface area is 102 Å². The van der Waals surface area contributed by atoms with Gasteiger partial charge in [-0.2, -0.15) is 0 Å². The zero-order valence-electron chi connectivity index (χ0n) is 10.8. The molecule has 0 aliphatic carbocycles. The molecule has 0 rings (SSSR count). The maximum atomic E-state index is 11.6. The molecular weight excluding hydrogens is 220 g/mol. The number of hydrogen-bond donors (Lipinski definition) is 2. The number of likely N-dealkylation sites (N-methyl/N-ethyl adjacent to an activating group) is 1. The number of nitrogens with zero attached hydrogens (tertiary/aromatic N) is 1. The minimum atomic E-state index is -0.803. The molecule has 0 aromatic carbocycles. The van der Waals surface area contributed by atoms with Gasteiger partial charge in [0.15, 0.2) is 0 Å². The van der Waals surface area contributed by atoms with Crippen molar-refractivity contribution in [2.45, 2.75) is 26.7 Å². The van der Waals surface area contributed by atoms with Crippen molar-refractivity contribution in [1.82, 2.24) is 10.2 Å². The zero-order chi connectivity index (χ0) is 13.4. The smallest absolute Gasteiger partial charge is 0.317 e. The standard InChI is InChI=1S/C12H22N2O3/c1-9(2)8-14(4)12(17)13-7-10(3)5-6-11(15)16/h10H,1,5-8H2,2-4H3,(H,13,17)(H,15,16). The summed E-state index contributed by atoms with van der Waals surface area (Å²) in [6.07, 6.45) is 0.707. The van der Waals surface area contributed by atoms with Gasteiger partial charge in [-0.15, -0.1) is 0 Å². The third-order valence-electron chi connectivity index (χ3n) is 2.31. The molecule has 0 bridgehead atoms. The number of nitrogens with one attached hydrogen (secondary N) is 1. The van der Waals surface area contributed by atoms with Gasteiger partial charge in [-0.25, -0.2) is 4.79 Å². The number of carbonyl (C=O) groups is 2. The summed E-state index contributed by atoms with van der Waals surface area (Å²) in [6.45, 7) is 8.53. The molecule has 0 saturated carbocycles. The molecule has 1 atom stereocenters. The molecule has 17 heavy (non-hydrogen) atoms. The van der Waals surface area contributed by atoms with Gasteiger partial charge < -0.3 is 15.3 Å². The summed E-state index contributed by atoms with van der Waals surface area (Å²) >= 11 is 0. The van der Waals surface area contributed by atoms with E-state index in [-0.39, 0.29) is 18.4 Å². The van der Waals surface area contributed by atoms with Gasteiger partial charge in [0.1, 0.15) is 0 Å². The number of hydrogen-bond acceptors (Lipinski definition) is 2. The minimum absolute atomic E-state index is 0.138. The first kappa shape index (κ1) is 15.5. The molecular formula is C12H22N2O3. The van der Waals surface area contributed by atoms with Crippen LogP contribution in [0.1, 0.15) is 26.7 Å². The predicted molar refractivity (Wildman–Crippen MR) is 66.9 cm³/mol. The van der Waals surface area contributed by atoms with Gasteiger partial charge in [0.05, 0.1) is 0 Å². The van der Waals surface area contributed by atoms with Crippen LogP contribution in [0.2, 0.25) is 0 Å². The van der Waals surface area contributed by atoms with Crippen molar-refractivity contribution in [3.8, 4) is 0 Å². The number of carboxylic acids is 1. The van der Waals surface area contributed by atoms with Crippen LogP contribution in [-0.2, 0) is 4.79 Å². The molecule has 2 N–H and O–H groups in total. The third kappa shape index (κ3) is 8.30. The number of aliphatic carboxylic acids is 1. The van der Waals surface area contributed by atoms with Crippen LogP contribution >= 0.6 is 0 Å². The van der Waals surface area contributed by atoms with Crippen molar-refractivity contribution in [2.24, 2.45) is 5.92 Å². The molecule has 0 saturated heterocycles. The second-order valence-corrected chi connectivity index (χ2v) is 4.54. The summed E-state index contributed by atoms with van der Waals surface area (Å²) < 4.78 is 0.